The first-order valence-corrected chi connectivity index (χ1v) is 13.4. The normalized spacial score (nSPS) is 21.0. The van der Waals surface area contributed by atoms with Gasteiger partial charge in [-0.3, -0.25) is 19.2 Å². The molecule has 4 rings (SSSR count). The van der Waals surface area contributed by atoms with Gasteiger partial charge in [0.05, 0.1) is 23.5 Å². The van der Waals surface area contributed by atoms with Gasteiger partial charge >= 0.3 is 0 Å². The van der Waals surface area contributed by atoms with Crippen molar-refractivity contribution in [3.8, 4) is 10.4 Å². The SMILES string of the molecule is CCC(N)C(=O)N1CC(=O)C2C1CCN2C(=O)C(CC(C)C)NC(=O)c1ccc(-c2ccccc2)s1. The van der Waals surface area contributed by atoms with E-state index in [9.17, 15) is 19.2 Å². The van der Waals surface area contributed by atoms with Crippen molar-refractivity contribution in [2.24, 2.45) is 11.7 Å². The molecule has 3 amide bonds. The maximum atomic E-state index is 13.7. The maximum Gasteiger partial charge on any atom is 0.262 e. The van der Waals surface area contributed by atoms with Crippen LogP contribution in [0, 0.1) is 5.92 Å². The van der Waals surface area contributed by atoms with Gasteiger partial charge in [-0.05, 0) is 42.9 Å². The number of thiophene rings is 1. The number of likely N-dealkylation sites (tertiary alicyclic amines) is 2. The van der Waals surface area contributed by atoms with Crippen LogP contribution in [0.5, 0.6) is 0 Å². The number of hydrogen-bond acceptors (Lipinski definition) is 6. The Kier molecular flexibility index (Phi) is 7.90. The van der Waals surface area contributed by atoms with E-state index in [2.05, 4.69) is 5.32 Å². The fourth-order valence-electron chi connectivity index (χ4n) is 5.09. The molecule has 0 radical (unpaired) electrons. The highest BCUT2D eigenvalue weighted by molar-refractivity contribution is 7.17. The molecule has 1 aromatic heterocycles. The highest BCUT2D eigenvalue weighted by atomic mass is 32.1. The van der Waals surface area contributed by atoms with Gasteiger partial charge < -0.3 is 20.9 Å². The van der Waals surface area contributed by atoms with Gasteiger partial charge in [0.15, 0.2) is 5.78 Å². The van der Waals surface area contributed by atoms with E-state index in [1.165, 1.54) is 11.3 Å². The van der Waals surface area contributed by atoms with Crippen molar-refractivity contribution in [1.82, 2.24) is 15.1 Å². The summed E-state index contributed by atoms with van der Waals surface area (Å²) in [4.78, 5) is 57.0. The molecular formula is C27H34N4O4S. The Morgan fingerprint density at radius 2 is 1.81 bits per heavy atom. The number of nitrogens with two attached hydrogens (primary N) is 1. The minimum absolute atomic E-state index is 0.0235. The number of nitrogens with one attached hydrogen (secondary N) is 1. The molecule has 0 aliphatic carbocycles. The van der Waals surface area contributed by atoms with Crippen LogP contribution in [0.1, 0.15) is 49.7 Å². The minimum Gasteiger partial charge on any atom is -0.340 e. The van der Waals surface area contributed by atoms with Crippen molar-refractivity contribution in [2.45, 2.75) is 64.2 Å². The maximum absolute atomic E-state index is 13.7. The molecule has 8 nitrogen and oxygen atoms in total. The monoisotopic (exact) mass is 510 g/mol. The number of rotatable bonds is 8. The fourth-order valence-corrected chi connectivity index (χ4v) is 6.00. The lowest BCUT2D eigenvalue weighted by molar-refractivity contribution is -0.138. The van der Waals surface area contributed by atoms with E-state index < -0.39 is 18.1 Å². The lowest BCUT2D eigenvalue weighted by atomic mass is 10.0. The Labute approximate surface area is 215 Å². The molecule has 2 aliphatic heterocycles. The predicted octanol–water partition coefficient (Wildman–Crippen LogP) is 2.68. The quantitative estimate of drug-likeness (QED) is 0.567. The first-order valence-electron chi connectivity index (χ1n) is 12.6. The van der Waals surface area contributed by atoms with Gasteiger partial charge in [0.2, 0.25) is 11.8 Å². The summed E-state index contributed by atoms with van der Waals surface area (Å²) in [5, 5.41) is 2.93. The zero-order valence-electron chi connectivity index (χ0n) is 21.0. The summed E-state index contributed by atoms with van der Waals surface area (Å²) < 4.78 is 0. The van der Waals surface area contributed by atoms with Crippen LogP contribution in [0.4, 0.5) is 0 Å². The van der Waals surface area contributed by atoms with Gasteiger partial charge in [0.1, 0.15) is 12.1 Å². The third-order valence-corrected chi connectivity index (χ3v) is 8.08. The van der Waals surface area contributed by atoms with Gasteiger partial charge in [0, 0.05) is 11.4 Å². The summed E-state index contributed by atoms with van der Waals surface area (Å²) >= 11 is 1.38. The number of amides is 3. The summed E-state index contributed by atoms with van der Waals surface area (Å²) in [5.41, 5.74) is 6.97. The molecule has 2 saturated heterocycles. The number of benzene rings is 1. The lowest BCUT2D eigenvalue weighted by Crippen LogP contribution is -2.53. The standard InChI is InChI=1S/C27H34N4O4S/c1-4-18(28)26(34)31-15-21(32)24-20(31)12-13-30(24)27(35)19(14-16(2)3)29-25(33)23-11-10-22(36-23)17-8-6-5-7-9-17/h5-11,16,18-20,24H,4,12-15,28H2,1-3H3,(H,29,33). The number of carbonyl (C=O) groups is 4. The van der Waals surface area contributed by atoms with E-state index in [1.807, 2.05) is 57.2 Å². The first-order chi connectivity index (χ1) is 17.2. The van der Waals surface area contributed by atoms with Gasteiger partial charge in [-0.25, -0.2) is 0 Å². The van der Waals surface area contributed by atoms with Gasteiger partial charge in [0.25, 0.3) is 5.91 Å². The average Bonchev–Trinajstić information content (AvgIpc) is 3.60. The first kappa shape index (κ1) is 26.0. The van der Waals surface area contributed by atoms with Crippen molar-refractivity contribution >= 4 is 34.8 Å². The summed E-state index contributed by atoms with van der Waals surface area (Å²) in [7, 11) is 0. The molecule has 2 aliphatic rings. The molecule has 1 aromatic carbocycles. The van der Waals surface area contributed by atoms with Crippen LogP contribution in [0.2, 0.25) is 0 Å². The van der Waals surface area contributed by atoms with Crippen LogP contribution in [0.25, 0.3) is 10.4 Å². The topological polar surface area (TPSA) is 113 Å². The third-order valence-electron chi connectivity index (χ3n) is 6.94. The third kappa shape index (κ3) is 5.22. The van der Waals surface area contributed by atoms with Crippen LogP contribution in [0.3, 0.4) is 0 Å². The number of Topliss-reactive ketones (excluding diaryl/α,β-unsaturated/α-hetero) is 1. The Morgan fingerprint density at radius 1 is 1.08 bits per heavy atom. The zero-order valence-corrected chi connectivity index (χ0v) is 21.8. The second kappa shape index (κ2) is 10.9. The van der Waals surface area contributed by atoms with E-state index in [-0.39, 0.29) is 42.0 Å². The molecule has 2 fully saturated rings. The Balaban J connectivity index is 1.49. The smallest absolute Gasteiger partial charge is 0.262 e. The van der Waals surface area contributed by atoms with Gasteiger partial charge in [-0.15, -0.1) is 11.3 Å². The Morgan fingerprint density at radius 3 is 2.47 bits per heavy atom. The Bertz CT molecular complexity index is 1130. The molecule has 0 bridgehead atoms. The largest absolute Gasteiger partial charge is 0.340 e. The van der Waals surface area contributed by atoms with Crippen LogP contribution < -0.4 is 11.1 Å². The number of fused-ring (bicyclic) bond motifs is 1. The lowest BCUT2D eigenvalue weighted by Gasteiger charge is -2.29. The summed E-state index contributed by atoms with van der Waals surface area (Å²) in [6, 6.07) is 11.1. The van der Waals surface area contributed by atoms with Crippen molar-refractivity contribution in [3.63, 3.8) is 0 Å². The number of hydrogen-bond donors (Lipinski definition) is 2. The molecule has 2 aromatic rings. The molecule has 36 heavy (non-hydrogen) atoms. The number of nitrogens with zero attached hydrogens (tertiary/aromatic N) is 2. The fraction of sp³-hybridized carbons (Fsp3) is 0.481. The summed E-state index contributed by atoms with van der Waals surface area (Å²) in [5.74, 6) is -0.817. The molecule has 192 valence electrons. The van der Waals surface area contributed by atoms with E-state index in [4.69, 9.17) is 5.73 Å². The highest BCUT2D eigenvalue weighted by Crippen LogP contribution is 2.32. The van der Waals surface area contributed by atoms with Crippen LogP contribution in [-0.4, -0.2) is 70.6 Å². The van der Waals surface area contributed by atoms with E-state index >= 15 is 0 Å². The van der Waals surface area contributed by atoms with Crippen molar-refractivity contribution in [3.05, 3.63) is 47.3 Å². The number of carbonyl (C=O) groups excluding carboxylic acids is 4. The zero-order chi connectivity index (χ0) is 26.0. The minimum atomic E-state index is -0.756. The van der Waals surface area contributed by atoms with E-state index in [1.54, 1.807) is 15.9 Å². The Hall–Kier alpha value is -3.04. The van der Waals surface area contributed by atoms with Gasteiger partial charge in [-0.1, -0.05) is 51.1 Å². The average molecular weight is 511 g/mol. The molecule has 9 heteroatoms. The number of ketones is 1. The van der Waals surface area contributed by atoms with Crippen molar-refractivity contribution in [2.75, 3.05) is 13.1 Å². The predicted molar refractivity (Wildman–Crippen MR) is 139 cm³/mol. The van der Waals surface area contributed by atoms with E-state index in [0.717, 1.165) is 10.4 Å². The molecule has 3 heterocycles. The van der Waals surface area contributed by atoms with Crippen molar-refractivity contribution in [1.29, 1.82) is 0 Å². The molecule has 4 unspecified atom stereocenters. The van der Waals surface area contributed by atoms with E-state index in [0.29, 0.717) is 30.7 Å². The second-order valence-corrected chi connectivity index (χ2v) is 11.0. The van der Waals surface area contributed by atoms with Gasteiger partial charge in [-0.2, -0.15) is 0 Å². The molecular weight excluding hydrogens is 476 g/mol. The highest BCUT2D eigenvalue weighted by Gasteiger charge is 2.52. The molecule has 0 saturated carbocycles. The van der Waals surface area contributed by atoms with Crippen LogP contribution >= 0.6 is 11.3 Å². The molecule has 3 N–H and O–H groups in total. The second-order valence-electron chi connectivity index (χ2n) is 9.97. The molecule has 4 atom stereocenters. The van der Waals surface area contributed by atoms with Crippen LogP contribution in [0.15, 0.2) is 42.5 Å². The van der Waals surface area contributed by atoms with Crippen LogP contribution in [-0.2, 0) is 14.4 Å². The molecule has 0 spiro atoms. The van der Waals surface area contributed by atoms with Crippen molar-refractivity contribution < 1.29 is 19.2 Å². The summed E-state index contributed by atoms with van der Waals surface area (Å²) in [6.45, 7) is 6.16. The summed E-state index contributed by atoms with van der Waals surface area (Å²) in [6.07, 6.45) is 1.46.